The van der Waals surface area contributed by atoms with Crippen LogP contribution in [0.25, 0.3) is 11.1 Å². The summed E-state index contributed by atoms with van der Waals surface area (Å²) in [6.07, 6.45) is 0. The third-order valence-electron chi connectivity index (χ3n) is 2.76. The number of hydrogen-bond acceptors (Lipinski definition) is 6. The van der Waals surface area contributed by atoms with Crippen LogP contribution in [0, 0.1) is 10.1 Å². The van der Waals surface area contributed by atoms with E-state index in [1.165, 1.54) is 12.1 Å². The number of carbonyl (C=O) groups excluding carboxylic acids is 1. The fourth-order valence-corrected chi connectivity index (χ4v) is 1.80. The number of aromatic nitrogens is 1. The van der Waals surface area contributed by atoms with Gasteiger partial charge in [0.25, 0.3) is 11.7 Å². The number of nitrogens with one attached hydrogen (secondary N) is 2. The van der Waals surface area contributed by atoms with Gasteiger partial charge < -0.3 is 15.1 Å². The third kappa shape index (κ3) is 3.28. The Kier molecular flexibility index (Phi) is 4.06. The average Bonchev–Trinajstić information content (AvgIpc) is 2.79. The zero-order valence-corrected chi connectivity index (χ0v) is 11.9. The van der Waals surface area contributed by atoms with Gasteiger partial charge in [-0.2, -0.15) is 4.98 Å². The molecule has 2 rings (SSSR count). The van der Waals surface area contributed by atoms with Gasteiger partial charge in [-0.3, -0.25) is 14.9 Å². The van der Waals surface area contributed by atoms with Gasteiger partial charge in [0.15, 0.2) is 11.1 Å². The van der Waals surface area contributed by atoms with Crippen molar-refractivity contribution in [3.63, 3.8) is 0 Å². The molecule has 2 aromatic rings. The molecule has 21 heavy (non-hydrogen) atoms. The fourth-order valence-electron chi connectivity index (χ4n) is 1.80. The molecule has 0 saturated heterocycles. The lowest BCUT2D eigenvalue weighted by molar-refractivity contribution is -0.383. The summed E-state index contributed by atoms with van der Waals surface area (Å²) in [4.78, 5) is 26.2. The Labute approximate surface area is 120 Å². The second-order valence-electron chi connectivity index (χ2n) is 4.93. The van der Waals surface area contributed by atoms with E-state index in [1.54, 1.807) is 13.0 Å². The van der Waals surface area contributed by atoms with E-state index in [-0.39, 0.29) is 29.2 Å². The summed E-state index contributed by atoms with van der Waals surface area (Å²) in [7, 11) is 0. The van der Waals surface area contributed by atoms with Crippen LogP contribution in [-0.2, 0) is 4.79 Å². The Morgan fingerprint density at radius 2 is 2.10 bits per heavy atom. The number of benzene rings is 1. The first kappa shape index (κ1) is 14.8. The number of nitro groups is 1. The number of rotatable bonds is 5. The number of oxazole rings is 1. The molecule has 1 aromatic heterocycles. The Morgan fingerprint density at radius 3 is 2.71 bits per heavy atom. The summed E-state index contributed by atoms with van der Waals surface area (Å²) >= 11 is 0. The Bertz CT molecular complexity index is 680. The van der Waals surface area contributed by atoms with Crippen LogP contribution in [0.1, 0.15) is 20.8 Å². The number of fused-ring (bicyclic) bond motifs is 1. The van der Waals surface area contributed by atoms with Crippen LogP contribution in [0.3, 0.4) is 0 Å². The standard InChI is InChI=1S/C13H16N4O4/c1-7(2)14-12(18)8(3)15-13-16-11-9(17(19)20)5-4-6-10(11)21-13/h4-8H,1-3H3,(H,14,18)(H,15,16). The zero-order valence-electron chi connectivity index (χ0n) is 11.9. The van der Waals surface area contributed by atoms with Crippen LogP contribution in [0.5, 0.6) is 0 Å². The largest absolute Gasteiger partial charge is 0.423 e. The molecule has 0 spiro atoms. The summed E-state index contributed by atoms with van der Waals surface area (Å²) < 4.78 is 5.38. The molecule has 1 heterocycles. The zero-order chi connectivity index (χ0) is 15.6. The van der Waals surface area contributed by atoms with Crippen molar-refractivity contribution >= 4 is 28.7 Å². The van der Waals surface area contributed by atoms with Crippen LogP contribution in [0.4, 0.5) is 11.7 Å². The highest BCUT2D eigenvalue weighted by Crippen LogP contribution is 2.27. The lowest BCUT2D eigenvalue weighted by Gasteiger charge is -2.14. The van der Waals surface area contributed by atoms with Gasteiger partial charge in [-0.15, -0.1) is 0 Å². The predicted octanol–water partition coefficient (Wildman–Crippen LogP) is 2.06. The molecular weight excluding hydrogens is 276 g/mol. The quantitative estimate of drug-likeness (QED) is 0.644. The molecular formula is C13H16N4O4. The number of anilines is 1. The van der Waals surface area contributed by atoms with E-state index in [0.717, 1.165) is 0 Å². The highest BCUT2D eigenvalue weighted by atomic mass is 16.6. The summed E-state index contributed by atoms with van der Waals surface area (Å²) in [6, 6.07) is 3.98. The number of hydrogen-bond donors (Lipinski definition) is 2. The van der Waals surface area contributed by atoms with Crippen LogP contribution in [-0.4, -0.2) is 27.9 Å². The van der Waals surface area contributed by atoms with Crippen molar-refractivity contribution in [3.8, 4) is 0 Å². The number of nitrogens with zero attached hydrogens (tertiary/aromatic N) is 2. The minimum absolute atomic E-state index is 0.0199. The first-order valence-corrected chi connectivity index (χ1v) is 6.49. The van der Waals surface area contributed by atoms with E-state index in [0.29, 0.717) is 5.58 Å². The molecule has 2 N–H and O–H groups in total. The summed E-state index contributed by atoms with van der Waals surface area (Å²) in [5.74, 6) is -0.207. The second kappa shape index (κ2) is 5.78. The van der Waals surface area contributed by atoms with Gasteiger partial charge in [-0.1, -0.05) is 6.07 Å². The Balaban J connectivity index is 2.22. The molecule has 0 aliphatic rings. The van der Waals surface area contributed by atoms with Gasteiger partial charge in [0.05, 0.1) is 4.92 Å². The van der Waals surface area contributed by atoms with Crippen LogP contribution in [0.15, 0.2) is 22.6 Å². The number of para-hydroxylation sites is 1. The summed E-state index contributed by atoms with van der Waals surface area (Å²) in [6.45, 7) is 5.36. The van der Waals surface area contributed by atoms with Crippen LogP contribution < -0.4 is 10.6 Å². The van der Waals surface area contributed by atoms with Gasteiger partial charge in [-0.05, 0) is 26.8 Å². The van der Waals surface area contributed by atoms with Crippen molar-refractivity contribution in [2.45, 2.75) is 32.9 Å². The molecule has 0 aliphatic heterocycles. The Morgan fingerprint density at radius 1 is 1.38 bits per heavy atom. The highest BCUT2D eigenvalue weighted by Gasteiger charge is 2.20. The molecule has 1 unspecified atom stereocenters. The topological polar surface area (TPSA) is 110 Å². The lowest BCUT2D eigenvalue weighted by Crippen LogP contribution is -2.41. The van der Waals surface area contributed by atoms with E-state index in [9.17, 15) is 14.9 Å². The highest BCUT2D eigenvalue weighted by molar-refractivity contribution is 5.86. The van der Waals surface area contributed by atoms with E-state index in [1.807, 2.05) is 13.8 Å². The molecule has 0 saturated carbocycles. The summed E-state index contributed by atoms with van der Waals surface area (Å²) in [5, 5.41) is 16.5. The number of nitro benzene ring substituents is 1. The van der Waals surface area contributed by atoms with Crippen molar-refractivity contribution < 1.29 is 14.1 Å². The molecule has 0 bridgehead atoms. The number of non-ortho nitro benzene ring substituents is 1. The number of carbonyl (C=O) groups is 1. The van der Waals surface area contributed by atoms with E-state index >= 15 is 0 Å². The number of amides is 1. The average molecular weight is 292 g/mol. The van der Waals surface area contributed by atoms with Gasteiger partial charge in [0.1, 0.15) is 6.04 Å². The first-order chi connectivity index (χ1) is 9.88. The molecule has 112 valence electrons. The fraction of sp³-hybridized carbons (Fsp3) is 0.385. The molecule has 0 fully saturated rings. The van der Waals surface area contributed by atoms with Crippen molar-refractivity contribution in [1.82, 2.24) is 10.3 Å². The minimum atomic E-state index is -0.570. The maximum atomic E-state index is 11.8. The van der Waals surface area contributed by atoms with E-state index < -0.39 is 11.0 Å². The van der Waals surface area contributed by atoms with Gasteiger partial charge >= 0.3 is 0 Å². The van der Waals surface area contributed by atoms with Gasteiger partial charge in [-0.25, -0.2) is 0 Å². The molecule has 0 radical (unpaired) electrons. The first-order valence-electron chi connectivity index (χ1n) is 6.49. The third-order valence-corrected chi connectivity index (χ3v) is 2.76. The maximum Gasteiger partial charge on any atom is 0.298 e. The van der Waals surface area contributed by atoms with Crippen molar-refractivity contribution in [1.29, 1.82) is 0 Å². The summed E-state index contributed by atoms with van der Waals surface area (Å²) in [5.41, 5.74) is 0.313. The molecule has 0 aliphatic carbocycles. The molecule has 8 nitrogen and oxygen atoms in total. The monoisotopic (exact) mass is 292 g/mol. The SMILES string of the molecule is CC(C)NC(=O)C(C)Nc1nc2c([N+](=O)[O-])cccc2o1. The Hall–Kier alpha value is -2.64. The lowest BCUT2D eigenvalue weighted by atomic mass is 10.3. The molecule has 1 atom stereocenters. The maximum absolute atomic E-state index is 11.8. The molecule has 1 amide bonds. The molecule has 1 aromatic carbocycles. The second-order valence-corrected chi connectivity index (χ2v) is 4.93. The van der Waals surface area contributed by atoms with Crippen LogP contribution in [0.2, 0.25) is 0 Å². The van der Waals surface area contributed by atoms with Gasteiger partial charge in [0, 0.05) is 12.1 Å². The van der Waals surface area contributed by atoms with E-state index in [4.69, 9.17) is 4.42 Å². The van der Waals surface area contributed by atoms with E-state index in [2.05, 4.69) is 15.6 Å². The van der Waals surface area contributed by atoms with Gasteiger partial charge in [0.2, 0.25) is 5.91 Å². The van der Waals surface area contributed by atoms with Crippen molar-refractivity contribution in [2.75, 3.05) is 5.32 Å². The van der Waals surface area contributed by atoms with Crippen molar-refractivity contribution in [2.24, 2.45) is 0 Å². The predicted molar refractivity (Wildman–Crippen MR) is 77.0 cm³/mol. The van der Waals surface area contributed by atoms with Crippen LogP contribution >= 0.6 is 0 Å². The minimum Gasteiger partial charge on any atom is -0.423 e. The smallest absolute Gasteiger partial charge is 0.298 e. The molecule has 8 heteroatoms. The van der Waals surface area contributed by atoms with Crippen molar-refractivity contribution in [3.05, 3.63) is 28.3 Å². The normalized spacial score (nSPS) is 12.4.